The first kappa shape index (κ1) is 17.7. The quantitative estimate of drug-likeness (QED) is 0.718. The summed E-state index contributed by atoms with van der Waals surface area (Å²) in [4.78, 5) is 25.8. The van der Waals surface area contributed by atoms with Crippen LogP contribution in [-0.4, -0.2) is 41.9 Å². The van der Waals surface area contributed by atoms with Gasteiger partial charge in [-0.25, -0.2) is 0 Å². The molecule has 2 aromatic carbocycles. The Morgan fingerprint density at radius 1 is 0.885 bits per heavy atom. The molecule has 2 N–H and O–H groups in total. The summed E-state index contributed by atoms with van der Waals surface area (Å²) in [5.74, 6) is -0.179. The lowest BCUT2D eigenvalue weighted by Gasteiger charge is -2.11. The van der Waals surface area contributed by atoms with Crippen molar-refractivity contribution in [2.45, 2.75) is 6.54 Å². The molecule has 0 bridgehead atoms. The molecule has 3 rings (SSSR count). The van der Waals surface area contributed by atoms with Crippen LogP contribution in [0, 0.1) is 0 Å². The molecule has 0 spiro atoms. The molecule has 0 saturated heterocycles. The molecule has 0 fully saturated rings. The molecule has 1 heterocycles. The number of benzene rings is 2. The number of hydrogen-bond acceptors (Lipinski definition) is 3. The third-order valence-corrected chi connectivity index (χ3v) is 3.91. The van der Waals surface area contributed by atoms with E-state index in [2.05, 4.69) is 10.6 Å². The molecule has 0 aliphatic rings. The minimum Gasteiger partial charge on any atom is -0.338 e. The van der Waals surface area contributed by atoms with E-state index in [1.165, 1.54) is 0 Å². The van der Waals surface area contributed by atoms with Gasteiger partial charge in [0.2, 0.25) is 11.8 Å². The van der Waals surface area contributed by atoms with Crippen molar-refractivity contribution in [1.82, 2.24) is 9.47 Å². The molecule has 134 valence electrons. The van der Waals surface area contributed by atoms with Crippen molar-refractivity contribution in [3.05, 3.63) is 60.8 Å². The molecule has 0 aliphatic carbocycles. The van der Waals surface area contributed by atoms with Crippen molar-refractivity contribution >= 4 is 34.1 Å². The highest BCUT2D eigenvalue weighted by Gasteiger charge is 2.07. The lowest BCUT2D eigenvalue weighted by molar-refractivity contribution is -0.117. The fourth-order valence-corrected chi connectivity index (χ4v) is 2.76. The Morgan fingerprint density at radius 3 is 2.15 bits per heavy atom. The zero-order valence-electron chi connectivity index (χ0n) is 14.9. The van der Waals surface area contributed by atoms with E-state index in [9.17, 15) is 9.59 Å². The van der Waals surface area contributed by atoms with Crippen LogP contribution in [0.15, 0.2) is 60.8 Å². The molecule has 0 aliphatic heterocycles. The van der Waals surface area contributed by atoms with Crippen LogP contribution >= 0.6 is 0 Å². The van der Waals surface area contributed by atoms with E-state index < -0.39 is 0 Å². The standard InChI is InChI=1S/C20H22N4O2/c1-23(2)13-19(25)21-16-7-9-17(10-8-16)22-20(26)14-24-12-11-15-5-3-4-6-18(15)24/h3-12H,13-14H2,1-2H3,(H,21,25)(H,22,26). The third-order valence-electron chi connectivity index (χ3n) is 3.91. The number of carbonyl (C=O) groups excluding carboxylic acids is 2. The maximum Gasteiger partial charge on any atom is 0.244 e. The zero-order chi connectivity index (χ0) is 18.5. The summed E-state index contributed by atoms with van der Waals surface area (Å²) in [6.07, 6.45) is 1.91. The summed E-state index contributed by atoms with van der Waals surface area (Å²) in [6, 6.07) is 17.0. The van der Waals surface area contributed by atoms with Crippen LogP contribution in [0.4, 0.5) is 11.4 Å². The van der Waals surface area contributed by atoms with Gasteiger partial charge in [0.1, 0.15) is 6.54 Å². The second-order valence-electron chi connectivity index (χ2n) is 6.41. The summed E-state index contributed by atoms with van der Waals surface area (Å²) >= 11 is 0. The fourth-order valence-electron chi connectivity index (χ4n) is 2.76. The summed E-state index contributed by atoms with van der Waals surface area (Å²) < 4.78 is 1.92. The monoisotopic (exact) mass is 350 g/mol. The lowest BCUT2D eigenvalue weighted by atomic mass is 10.2. The molecule has 6 nitrogen and oxygen atoms in total. The largest absolute Gasteiger partial charge is 0.338 e. The first-order chi connectivity index (χ1) is 12.5. The average Bonchev–Trinajstić information content (AvgIpc) is 2.99. The Labute approximate surface area is 152 Å². The summed E-state index contributed by atoms with van der Waals surface area (Å²) in [6.45, 7) is 0.568. The number of rotatable bonds is 6. The van der Waals surface area contributed by atoms with Gasteiger partial charge >= 0.3 is 0 Å². The number of carbonyl (C=O) groups is 2. The Bertz CT molecular complexity index is 913. The first-order valence-corrected chi connectivity index (χ1v) is 8.39. The van der Waals surface area contributed by atoms with E-state index in [1.807, 2.05) is 55.2 Å². The minimum atomic E-state index is -0.101. The smallest absolute Gasteiger partial charge is 0.244 e. The Morgan fingerprint density at radius 2 is 1.50 bits per heavy atom. The van der Waals surface area contributed by atoms with E-state index in [0.717, 1.165) is 10.9 Å². The van der Waals surface area contributed by atoms with Gasteiger partial charge in [0.05, 0.1) is 6.54 Å². The molecule has 2 amide bonds. The number of fused-ring (bicyclic) bond motifs is 1. The predicted molar refractivity (Wildman–Crippen MR) is 104 cm³/mol. The minimum absolute atomic E-state index is 0.0775. The highest BCUT2D eigenvalue weighted by molar-refractivity contribution is 5.94. The van der Waals surface area contributed by atoms with Gasteiger partial charge in [-0.1, -0.05) is 18.2 Å². The normalized spacial score (nSPS) is 10.9. The topological polar surface area (TPSA) is 66.4 Å². The highest BCUT2D eigenvalue weighted by atomic mass is 16.2. The maximum absolute atomic E-state index is 12.3. The van der Waals surface area contributed by atoms with E-state index in [4.69, 9.17) is 0 Å². The second kappa shape index (κ2) is 7.84. The zero-order valence-corrected chi connectivity index (χ0v) is 14.9. The van der Waals surface area contributed by atoms with Gasteiger partial charge in [0, 0.05) is 23.1 Å². The Balaban J connectivity index is 1.58. The number of nitrogens with zero attached hydrogens (tertiary/aromatic N) is 2. The van der Waals surface area contributed by atoms with E-state index in [1.54, 1.807) is 29.2 Å². The van der Waals surface area contributed by atoms with Crippen LogP contribution in [0.1, 0.15) is 0 Å². The Kier molecular flexibility index (Phi) is 5.34. The third kappa shape index (κ3) is 4.49. The van der Waals surface area contributed by atoms with Crippen molar-refractivity contribution in [3.8, 4) is 0 Å². The van der Waals surface area contributed by atoms with Crippen molar-refractivity contribution in [2.75, 3.05) is 31.3 Å². The highest BCUT2D eigenvalue weighted by Crippen LogP contribution is 2.16. The molecule has 6 heteroatoms. The summed E-state index contributed by atoms with van der Waals surface area (Å²) in [7, 11) is 3.68. The van der Waals surface area contributed by atoms with Crippen LogP contribution in [0.3, 0.4) is 0 Å². The molecule has 0 unspecified atom stereocenters. The van der Waals surface area contributed by atoms with Gasteiger partial charge in [-0.2, -0.15) is 0 Å². The van der Waals surface area contributed by atoms with Crippen molar-refractivity contribution in [1.29, 1.82) is 0 Å². The van der Waals surface area contributed by atoms with Crippen molar-refractivity contribution < 1.29 is 9.59 Å². The van der Waals surface area contributed by atoms with E-state index in [-0.39, 0.29) is 18.4 Å². The molecule has 0 atom stereocenters. The van der Waals surface area contributed by atoms with Crippen molar-refractivity contribution in [2.24, 2.45) is 0 Å². The average molecular weight is 350 g/mol. The lowest BCUT2D eigenvalue weighted by Crippen LogP contribution is -2.27. The van der Waals surface area contributed by atoms with Crippen LogP contribution < -0.4 is 10.6 Å². The van der Waals surface area contributed by atoms with Crippen LogP contribution in [0.5, 0.6) is 0 Å². The number of hydrogen-bond donors (Lipinski definition) is 2. The number of likely N-dealkylation sites (N-methyl/N-ethyl adjacent to an activating group) is 1. The van der Waals surface area contributed by atoms with Gasteiger partial charge < -0.3 is 20.1 Å². The number of anilines is 2. The molecular formula is C20H22N4O2. The number of amides is 2. The van der Waals surface area contributed by atoms with E-state index >= 15 is 0 Å². The van der Waals surface area contributed by atoms with Crippen molar-refractivity contribution in [3.63, 3.8) is 0 Å². The molecule has 26 heavy (non-hydrogen) atoms. The number of para-hydroxylation sites is 1. The molecule has 1 aromatic heterocycles. The molecule has 3 aromatic rings. The Hall–Kier alpha value is -3.12. The van der Waals surface area contributed by atoms with Gasteiger partial charge in [0.25, 0.3) is 0 Å². The predicted octanol–water partition coefficient (Wildman–Crippen LogP) is 2.78. The van der Waals surface area contributed by atoms with Crippen LogP contribution in [0.25, 0.3) is 10.9 Å². The fraction of sp³-hybridized carbons (Fsp3) is 0.200. The van der Waals surface area contributed by atoms with Gasteiger partial charge in [-0.3, -0.25) is 9.59 Å². The van der Waals surface area contributed by atoms with E-state index in [0.29, 0.717) is 17.9 Å². The first-order valence-electron chi connectivity index (χ1n) is 8.39. The summed E-state index contributed by atoms with van der Waals surface area (Å²) in [5, 5.41) is 6.80. The SMILES string of the molecule is CN(C)CC(=O)Nc1ccc(NC(=O)Cn2ccc3ccccc32)cc1. The van der Waals surface area contributed by atoms with Gasteiger partial charge in [-0.05, 0) is 55.9 Å². The van der Waals surface area contributed by atoms with Gasteiger partial charge in [0.15, 0.2) is 0 Å². The summed E-state index contributed by atoms with van der Waals surface area (Å²) in [5.41, 5.74) is 2.42. The van der Waals surface area contributed by atoms with Crippen LogP contribution in [0.2, 0.25) is 0 Å². The molecular weight excluding hydrogens is 328 g/mol. The van der Waals surface area contributed by atoms with Crippen LogP contribution in [-0.2, 0) is 16.1 Å². The number of nitrogens with one attached hydrogen (secondary N) is 2. The molecule has 0 saturated carbocycles. The number of aromatic nitrogens is 1. The maximum atomic E-state index is 12.3. The second-order valence-corrected chi connectivity index (χ2v) is 6.41. The molecule has 0 radical (unpaired) electrons. The van der Waals surface area contributed by atoms with Gasteiger partial charge in [-0.15, -0.1) is 0 Å².